The third-order valence-corrected chi connectivity index (χ3v) is 3.67. The molecule has 0 atom stereocenters. The number of nitrogens with one attached hydrogen (secondary N) is 2. The number of amides is 1. The summed E-state index contributed by atoms with van der Waals surface area (Å²) in [4.78, 5) is 12.0. The minimum absolute atomic E-state index is 0.0864. The van der Waals surface area contributed by atoms with Crippen LogP contribution in [0.5, 0.6) is 5.75 Å². The van der Waals surface area contributed by atoms with E-state index in [2.05, 4.69) is 10.6 Å². The molecule has 2 rings (SSSR count). The summed E-state index contributed by atoms with van der Waals surface area (Å²) in [6, 6.07) is 12.6. The Hall–Kier alpha value is -1.91. The number of carbonyl (C=O) groups is 1. The lowest BCUT2D eigenvalue weighted by Crippen LogP contribution is -2.17. The van der Waals surface area contributed by atoms with Crippen LogP contribution in [0.25, 0.3) is 0 Å². The van der Waals surface area contributed by atoms with Crippen molar-refractivity contribution in [1.29, 1.82) is 0 Å². The smallest absolute Gasteiger partial charge is 0.226 e. The van der Waals surface area contributed by atoms with E-state index in [1.54, 1.807) is 18.2 Å². The lowest BCUT2D eigenvalue weighted by molar-refractivity contribution is -0.115. The summed E-state index contributed by atoms with van der Waals surface area (Å²) in [7, 11) is 0. The highest BCUT2D eigenvalue weighted by Crippen LogP contribution is 2.26. The first kappa shape index (κ1) is 18.4. The maximum atomic E-state index is 12.0. The SMILES string of the molecule is CC(C)Oc1ccccc1NCCC(=O)Nc1ccc(Cl)cc1Cl. The largest absolute Gasteiger partial charge is 0.489 e. The summed E-state index contributed by atoms with van der Waals surface area (Å²) < 4.78 is 5.73. The summed E-state index contributed by atoms with van der Waals surface area (Å²) in [6.45, 7) is 4.43. The van der Waals surface area contributed by atoms with Gasteiger partial charge < -0.3 is 15.4 Å². The second-order valence-corrected chi connectivity index (χ2v) is 6.36. The van der Waals surface area contributed by atoms with Gasteiger partial charge in [0.15, 0.2) is 0 Å². The van der Waals surface area contributed by atoms with Crippen LogP contribution in [-0.4, -0.2) is 18.6 Å². The van der Waals surface area contributed by atoms with Gasteiger partial charge >= 0.3 is 0 Å². The van der Waals surface area contributed by atoms with Crippen LogP contribution in [0, 0.1) is 0 Å². The molecule has 0 saturated heterocycles. The van der Waals surface area contributed by atoms with E-state index in [-0.39, 0.29) is 12.0 Å². The summed E-state index contributed by atoms with van der Waals surface area (Å²) in [5, 5.41) is 6.93. The first-order chi connectivity index (χ1) is 11.5. The number of hydrogen-bond donors (Lipinski definition) is 2. The van der Waals surface area contributed by atoms with E-state index in [9.17, 15) is 4.79 Å². The number of para-hydroxylation sites is 2. The Bertz CT molecular complexity index is 705. The van der Waals surface area contributed by atoms with E-state index in [1.165, 1.54) is 0 Å². The number of rotatable bonds is 7. The van der Waals surface area contributed by atoms with E-state index in [0.29, 0.717) is 28.7 Å². The number of hydrogen-bond acceptors (Lipinski definition) is 3. The van der Waals surface area contributed by atoms with Crippen molar-refractivity contribution in [2.24, 2.45) is 0 Å². The molecule has 0 saturated carbocycles. The van der Waals surface area contributed by atoms with Crippen LogP contribution in [0.2, 0.25) is 10.0 Å². The van der Waals surface area contributed by atoms with Gasteiger partial charge in [-0.2, -0.15) is 0 Å². The van der Waals surface area contributed by atoms with E-state index in [0.717, 1.165) is 11.4 Å². The Morgan fingerprint density at radius 2 is 1.88 bits per heavy atom. The van der Waals surface area contributed by atoms with E-state index in [4.69, 9.17) is 27.9 Å². The van der Waals surface area contributed by atoms with E-state index >= 15 is 0 Å². The molecular formula is C18H20Cl2N2O2. The predicted molar refractivity (Wildman–Crippen MR) is 100 cm³/mol. The van der Waals surface area contributed by atoms with Crippen LogP contribution in [0.15, 0.2) is 42.5 Å². The third-order valence-electron chi connectivity index (χ3n) is 3.12. The molecule has 0 fully saturated rings. The second kappa shape index (κ2) is 8.81. The zero-order valence-corrected chi connectivity index (χ0v) is 15.1. The fourth-order valence-corrected chi connectivity index (χ4v) is 2.54. The van der Waals surface area contributed by atoms with Crippen LogP contribution < -0.4 is 15.4 Å². The highest BCUT2D eigenvalue weighted by atomic mass is 35.5. The van der Waals surface area contributed by atoms with Crippen LogP contribution in [0.4, 0.5) is 11.4 Å². The second-order valence-electron chi connectivity index (χ2n) is 5.51. The van der Waals surface area contributed by atoms with Crippen LogP contribution in [0.3, 0.4) is 0 Å². The van der Waals surface area contributed by atoms with Gasteiger partial charge in [-0.05, 0) is 44.2 Å². The average molecular weight is 367 g/mol. The zero-order valence-electron chi connectivity index (χ0n) is 13.6. The van der Waals surface area contributed by atoms with Gasteiger partial charge in [0.25, 0.3) is 0 Å². The van der Waals surface area contributed by atoms with Crippen molar-refractivity contribution in [3.63, 3.8) is 0 Å². The van der Waals surface area contributed by atoms with Gasteiger partial charge in [-0.3, -0.25) is 4.79 Å². The Morgan fingerprint density at radius 1 is 1.12 bits per heavy atom. The van der Waals surface area contributed by atoms with Gasteiger partial charge in [-0.1, -0.05) is 35.3 Å². The minimum atomic E-state index is -0.131. The molecule has 0 spiro atoms. The van der Waals surface area contributed by atoms with Gasteiger partial charge in [0, 0.05) is 18.0 Å². The molecule has 6 heteroatoms. The van der Waals surface area contributed by atoms with Gasteiger partial charge in [-0.15, -0.1) is 0 Å². The molecule has 2 aromatic carbocycles. The molecule has 0 radical (unpaired) electrons. The van der Waals surface area contributed by atoms with Crippen molar-refractivity contribution >= 4 is 40.5 Å². The molecule has 2 aromatic rings. The monoisotopic (exact) mass is 366 g/mol. The first-order valence-corrected chi connectivity index (χ1v) is 8.46. The van der Waals surface area contributed by atoms with E-state index in [1.807, 2.05) is 38.1 Å². The Morgan fingerprint density at radius 3 is 2.58 bits per heavy atom. The molecule has 1 amide bonds. The van der Waals surface area contributed by atoms with Crippen molar-refractivity contribution in [1.82, 2.24) is 0 Å². The molecule has 0 unspecified atom stereocenters. The van der Waals surface area contributed by atoms with Gasteiger partial charge in [-0.25, -0.2) is 0 Å². The Kier molecular flexibility index (Phi) is 6.76. The highest BCUT2D eigenvalue weighted by Gasteiger charge is 2.08. The Labute approximate surface area is 152 Å². The topological polar surface area (TPSA) is 50.4 Å². The van der Waals surface area contributed by atoms with Gasteiger partial charge in [0.2, 0.25) is 5.91 Å². The van der Waals surface area contributed by atoms with Crippen molar-refractivity contribution < 1.29 is 9.53 Å². The molecule has 4 nitrogen and oxygen atoms in total. The lowest BCUT2D eigenvalue weighted by Gasteiger charge is -2.15. The maximum absolute atomic E-state index is 12.0. The van der Waals surface area contributed by atoms with Crippen molar-refractivity contribution in [2.75, 3.05) is 17.2 Å². The Balaban J connectivity index is 1.87. The van der Waals surface area contributed by atoms with E-state index < -0.39 is 0 Å². The first-order valence-electron chi connectivity index (χ1n) is 7.70. The van der Waals surface area contributed by atoms with Crippen LogP contribution in [-0.2, 0) is 4.79 Å². The predicted octanol–water partition coefficient (Wildman–Crippen LogP) is 5.22. The fraction of sp³-hybridized carbons (Fsp3) is 0.278. The summed E-state index contributed by atoms with van der Waals surface area (Å²) >= 11 is 11.9. The molecule has 128 valence electrons. The highest BCUT2D eigenvalue weighted by molar-refractivity contribution is 6.36. The lowest BCUT2D eigenvalue weighted by atomic mass is 10.2. The normalized spacial score (nSPS) is 10.5. The number of ether oxygens (including phenoxy) is 1. The molecule has 0 aliphatic heterocycles. The molecule has 2 N–H and O–H groups in total. The molecule has 0 aliphatic carbocycles. The number of halogens is 2. The molecule has 24 heavy (non-hydrogen) atoms. The average Bonchev–Trinajstić information content (AvgIpc) is 2.51. The van der Waals surface area contributed by atoms with Gasteiger partial charge in [0.1, 0.15) is 5.75 Å². The quantitative estimate of drug-likeness (QED) is 0.705. The summed E-state index contributed by atoms with van der Waals surface area (Å²) in [5.74, 6) is 0.641. The minimum Gasteiger partial charge on any atom is -0.489 e. The molecular weight excluding hydrogens is 347 g/mol. The molecule has 0 bridgehead atoms. The number of benzene rings is 2. The van der Waals surface area contributed by atoms with Gasteiger partial charge in [0.05, 0.1) is 22.5 Å². The van der Waals surface area contributed by atoms with Crippen molar-refractivity contribution in [2.45, 2.75) is 26.4 Å². The van der Waals surface area contributed by atoms with Crippen LogP contribution >= 0.6 is 23.2 Å². The van der Waals surface area contributed by atoms with Crippen LogP contribution in [0.1, 0.15) is 20.3 Å². The standard InChI is InChI=1S/C18H20Cl2N2O2/c1-12(2)24-17-6-4-3-5-16(17)21-10-9-18(23)22-15-8-7-13(19)11-14(15)20/h3-8,11-12,21H,9-10H2,1-2H3,(H,22,23). The fourth-order valence-electron chi connectivity index (χ4n) is 2.08. The third kappa shape index (κ3) is 5.62. The zero-order chi connectivity index (χ0) is 17.5. The molecule has 0 aromatic heterocycles. The number of anilines is 2. The number of carbonyl (C=O) groups excluding carboxylic acids is 1. The summed E-state index contributed by atoms with van der Waals surface area (Å²) in [5.41, 5.74) is 1.41. The molecule has 0 aliphatic rings. The van der Waals surface area contributed by atoms with Crippen molar-refractivity contribution in [3.05, 3.63) is 52.5 Å². The van der Waals surface area contributed by atoms with Crippen molar-refractivity contribution in [3.8, 4) is 5.75 Å². The maximum Gasteiger partial charge on any atom is 0.226 e. The molecule has 0 heterocycles. The summed E-state index contributed by atoms with van der Waals surface area (Å²) in [6.07, 6.45) is 0.387.